The number of hydrogen-bond acceptors (Lipinski definition) is 3. The molecule has 2 aromatic carbocycles. The van der Waals surface area contributed by atoms with Crippen LogP contribution < -0.4 is 5.32 Å². The Morgan fingerprint density at radius 3 is 2.60 bits per heavy atom. The number of nitrogens with zero attached hydrogens (tertiary/aromatic N) is 1. The monoisotopic (exact) mass is 290 g/mol. The van der Waals surface area contributed by atoms with Crippen LogP contribution in [0.4, 0.5) is 11.4 Å². The summed E-state index contributed by atoms with van der Waals surface area (Å²) in [5.74, 6) is 0. The maximum Gasteiger partial charge on any atom is 0.274 e. The first-order valence-corrected chi connectivity index (χ1v) is 6.63. The molecule has 0 saturated heterocycles. The summed E-state index contributed by atoms with van der Waals surface area (Å²) in [6.45, 7) is 3.81. The topological polar surface area (TPSA) is 55.2 Å². The third kappa shape index (κ3) is 3.08. The first-order valence-electron chi connectivity index (χ1n) is 6.25. The number of nitro benzene ring substituents is 1. The van der Waals surface area contributed by atoms with Crippen LogP contribution in [0.25, 0.3) is 0 Å². The van der Waals surface area contributed by atoms with E-state index in [1.54, 1.807) is 18.2 Å². The molecule has 1 atom stereocenters. The quantitative estimate of drug-likeness (QED) is 0.654. The largest absolute Gasteiger partial charge is 0.378 e. The number of para-hydroxylation sites is 1. The first-order chi connectivity index (χ1) is 9.49. The molecule has 0 saturated carbocycles. The number of nitrogens with one attached hydrogen (secondary N) is 1. The molecule has 0 aliphatic heterocycles. The van der Waals surface area contributed by atoms with Crippen LogP contribution in [-0.4, -0.2) is 4.92 Å². The summed E-state index contributed by atoms with van der Waals surface area (Å²) < 4.78 is 0. The molecule has 0 radical (unpaired) electrons. The van der Waals surface area contributed by atoms with Crippen molar-refractivity contribution in [3.63, 3.8) is 0 Å². The van der Waals surface area contributed by atoms with E-state index in [9.17, 15) is 10.1 Å². The molecular weight excluding hydrogens is 276 g/mol. The van der Waals surface area contributed by atoms with E-state index in [1.165, 1.54) is 6.07 Å². The molecule has 0 aliphatic carbocycles. The Bertz CT molecular complexity index is 644. The molecule has 0 aromatic heterocycles. The van der Waals surface area contributed by atoms with Crippen LogP contribution >= 0.6 is 11.6 Å². The molecule has 1 unspecified atom stereocenters. The van der Waals surface area contributed by atoms with Gasteiger partial charge in [0.25, 0.3) is 5.69 Å². The number of anilines is 1. The normalized spacial score (nSPS) is 11.9. The summed E-state index contributed by atoms with van der Waals surface area (Å²) in [6.07, 6.45) is 0. The molecule has 0 amide bonds. The lowest BCUT2D eigenvalue weighted by molar-refractivity contribution is -0.385. The summed E-state index contributed by atoms with van der Waals surface area (Å²) in [7, 11) is 0. The van der Waals surface area contributed by atoms with E-state index in [0.717, 1.165) is 11.3 Å². The minimum Gasteiger partial charge on any atom is -0.378 e. The molecule has 4 nitrogen and oxygen atoms in total. The van der Waals surface area contributed by atoms with Crippen molar-refractivity contribution in [2.75, 3.05) is 5.32 Å². The highest BCUT2D eigenvalue weighted by molar-refractivity contribution is 6.31. The molecule has 20 heavy (non-hydrogen) atoms. The second-order valence-corrected chi connectivity index (χ2v) is 5.05. The van der Waals surface area contributed by atoms with E-state index in [2.05, 4.69) is 5.32 Å². The zero-order valence-corrected chi connectivity index (χ0v) is 12.0. The Morgan fingerprint density at radius 1 is 1.25 bits per heavy atom. The maximum atomic E-state index is 11.0. The van der Waals surface area contributed by atoms with Crippen molar-refractivity contribution < 1.29 is 4.92 Å². The lowest BCUT2D eigenvalue weighted by atomic mass is 10.1. The van der Waals surface area contributed by atoms with E-state index in [0.29, 0.717) is 10.6 Å². The number of rotatable bonds is 4. The van der Waals surface area contributed by atoms with Crippen molar-refractivity contribution in [2.45, 2.75) is 19.9 Å². The molecule has 2 aromatic rings. The summed E-state index contributed by atoms with van der Waals surface area (Å²) in [6, 6.07) is 12.2. The lowest BCUT2D eigenvalue weighted by Crippen LogP contribution is -2.09. The number of hydrogen-bond donors (Lipinski definition) is 1. The average Bonchev–Trinajstić information content (AvgIpc) is 2.43. The van der Waals surface area contributed by atoms with Gasteiger partial charge in [0, 0.05) is 16.8 Å². The number of nitro groups is 1. The van der Waals surface area contributed by atoms with Gasteiger partial charge < -0.3 is 5.32 Å². The Labute approximate surface area is 122 Å². The molecule has 2 rings (SSSR count). The molecule has 5 heteroatoms. The maximum absolute atomic E-state index is 11.0. The number of benzene rings is 2. The second kappa shape index (κ2) is 5.92. The van der Waals surface area contributed by atoms with Gasteiger partial charge in [-0.25, -0.2) is 0 Å². The fourth-order valence-corrected chi connectivity index (χ4v) is 2.21. The van der Waals surface area contributed by atoms with Crippen LogP contribution in [0.3, 0.4) is 0 Å². The Balaban J connectivity index is 2.26. The molecule has 0 bridgehead atoms. The fraction of sp³-hybridized carbons (Fsp3) is 0.200. The van der Waals surface area contributed by atoms with Gasteiger partial charge in [-0.05, 0) is 31.5 Å². The van der Waals surface area contributed by atoms with E-state index in [1.807, 2.05) is 32.0 Å². The van der Waals surface area contributed by atoms with Gasteiger partial charge in [0.1, 0.15) is 0 Å². The lowest BCUT2D eigenvalue weighted by Gasteiger charge is -2.16. The SMILES string of the molecule is Cc1ccc(NC(C)c2ccccc2[N+](=O)[O-])cc1Cl. The molecule has 0 heterocycles. The third-order valence-corrected chi connectivity index (χ3v) is 3.56. The van der Waals surface area contributed by atoms with Crippen LogP contribution in [0.1, 0.15) is 24.1 Å². The van der Waals surface area contributed by atoms with Gasteiger partial charge in [0.05, 0.1) is 16.5 Å². The zero-order valence-electron chi connectivity index (χ0n) is 11.3. The van der Waals surface area contributed by atoms with Crippen LogP contribution in [0, 0.1) is 17.0 Å². The smallest absolute Gasteiger partial charge is 0.274 e. The molecule has 104 valence electrons. The van der Waals surface area contributed by atoms with E-state index in [-0.39, 0.29) is 16.7 Å². The third-order valence-electron chi connectivity index (χ3n) is 3.15. The van der Waals surface area contributed by atoms with Crippen molar-refractivity contribution >= 4 is 23.0 Å². The van der Waals surface area contributed by atoms with Crippen molar-refractivity contribution in [2.24, 2.45) is 0 Å². The second-order valence-electron chi connectivity index (χ2n) is 4.65. The van der Waals surface area contributed by atoms with Crippen molar-refractivity contribution in [1.82, 2.24) is 0 Å². The highest BCUT2D eigenvalue weighted by atomic mass is 35.5. The predicted molar refractivity (Wildman–Crippen MR) is 81.3 cm³/mol. The molecule has 0 aliphatic rings. The average molecular weight is 291 g/mol. The van der Waals surface area contributed by atoms with Gasteiger partial charge in [-0.1, -0.05) is 35.9 Å². The first kappa shape index (κ1) is 14.3. The molecule has 0 spiro atoms. The van der Waals surface area contributed by atoms with E-state index in [4.69, 9.17) is 11.6 Å². The van der Waals surface area contributed by atoms with E-state index >= 15 is 0 Å². The van der Waals surface area contributed by atoms with Crippen LogP contribution in [0.2, 0.25) is 5.02 Å². The van der Waals surface area contributed by atoms with Crippen LogP contribution in [0.5, 0.6) is 0 Å². The summed E-state index contributed by atoms with van der Waals surface area (Å²) >= 11 is 6.08. The van der Waals surface area contributed by atoms with Crippen molar-refractivity contribution in [3.05, 3.63) is 68.7 Å². The Kier molecular flexibility index (Phi) is 4.25. The number of aryl methyl sites for hydroxylation is 1. The van der Waals surface area contributed by atoms with Gasteiger partial charge in [-0.15, -0.1) is 0 Å². The standard InChI is InChI=1S/C15H15ClN2O2/c1-10-7-8-12(9-14(10)16)17-11(2)13-5-3-4-6-15(13)18(19)20/h3-9,11,17H,1-2H3. The minimum absolute atomic E-state index is 0.116. The van der Waals surface area contributed by atoms with Gasteiger partial charge >= 0.3 is 0 Å². The predicted octanol–water partition coefficient (Wildman–Crippen LogP) is 4.73. The van der Waals surface area contributed by atoms with E-state index < -0.39 is 0 Å². The highest BCUT2D eigenvalue weighted by Gasteiger charge is 2.17. The zero-order chi connectivity index (χ0) is 14.7. The van der Waals surface area contributed by atoms with Gasteiger partial charge in [-0.2, -0.15) is 0 Å². The van der Waals surface area contributed by atoms with Gasteiger partial charge in [0.15, 0.2) is 0 Å². The van der Waals surface area contributed by atoms with Gasteiger partial charge in [0.2, 0.25) is 0 Å². The Morgan fingerprint density at radius 2 is 1.95 bits per heavy atom. The molecule has 1 N–H and O–H groups in total. The van der Waals surface area contributed by atoms with Crippen LogP contribution in [-0.2, 0) is 0 Å². The summed E-state index contributed by atoms with van der Waals surface area (Å²) in [5.41, 5.74) is 2.60. The summed E-state index contributed by atoms with van der Waals surface area (Å²) in [4.78, 5) is 10.7. The Hall–Kier alpha value is -2.07. The highest BCUT2D eigenvalue weighted by Crippen LogP contribution is 2.28. The van der Waals surface area contributed by atoms with Crippen LogP contribution in [0.15, 0.2) is 42.5 Å². The minimum atomic E-state index is -0.365. The number of halogens is 1. The molecular formula is C15H15ClN2O2. The fourth-order valence-electron chi connectivity index (χ4n) is 2.03. The van der Waals surface area contributed by atoms with Crippen molar-refractivity contribution in [3.8, 4) is 0 Å². The summed E-state index contributed by atoms with van der Waals surface area (Å²) in [5, 5.41) is 14.9. The molecule has 0 fully saturated rings. The van der Waals surface area contributed by atoms with Crippen molar-refractivity contribution in [1.29, 1.82) is 0 Å². The van der Waals surface area contributed by atoms with Gasteiger partial charge in [-0.3, -0.25) is 10.1 Å².